The Hall–Kier alpha value is -1.93. The lowest BCUT2D eigenvalue weighted by Crippen LogP contribution is -2.51. The van der Waals surface area contributed by atoms with Gasteiger partial charge in [0.2, 0.25) is 0 Å². The molecule has 4 aliphatic rings. The number of aliphatic carboxylic acids is 1. The molecule has 0 spiro atoms. The third kappa shape index (κ3) is 6.53. The molecule has 0 bridgehead atoms. The lowest BCUT2D eigenvalue weighted by Gasteiger charge is -2.58. The highest BCUT2D eigenvalue weighted by atomic mass is 16.6. The lowest BCUT2D eigenvalue weighted by atomic mass is 9.47. The van der Waals surface area contributed by atoms with Gasteiger partial charge in [0.1, 0.15) is 6.10 Å². The van der Waals surface area contributed by atoms with Crippen molar-refractivity contribution in [2.75, 3.05) is 6.61 Å². The first-order valence-corrected chi connectivity index (χ1v) is 15.9. The zero-order valence-electron chi connectivity index (χ0n) is 25.6. The Morgan fingerprint density at radius 3 is 2.34 bits per heavy atom. The molecule has 0 saturated heterocycles. The van der Waals surface area contributed by atoms with Crippen LogP contribution in [0.3, 0.4) is 0 Å². The van der Waals surface area contributed by atoms with E-state index in [0.29, 0.717) is 30.1 Å². The first-order chi connectivity index (χ1) is 19.3. The van der Waals surface area contributed by atoms with Crippen LogP contribution in [0.5, 0.6) is 0 Å². The smallest absolute Gasteiger partial charge is 0.341 e. The zero-order chi connectivity index (χ0) is 30.1. The summed E-state index contributed by atoms with van der Waals surface area (Å²) in [5.74, 6) is 0.586. The van der Waals surface area contributed by atoms with Crippen LogP contribution in [0.1, 0.15) is 105 Å². The van der Waals surface area contributed by atoms with Gasteiger partial charge in [-0.3, -0.25) is 0 Å². The number of rotatable bonds is 11. The van der Waals surface area contributed by atoms with Gasteiger partial charge in [0, 0.05) is 6.42 Å². The minimum Gasteiger partial charge on any atom is -0.479 e. The van der Waals surface area contributed by atoms with Crippen molar-refractivity contribution in [2.45, 2.75) is 124 Å². The first kappa shape index (κ1) is 32.0. The van der Waals surface area contributed by atoms with E-state index in [1.54, 1.807) is 0 Å². The van der Waals surface area contributed by atoms with E-state index in [1.165, 1.54) is 50.5 Å². The molecule has 0 amide bonds. The van der Waals surface area contributed by atoms with Crippen molar-refractivity contribution in [3.63, 3.8) is 0 Å². The Balaban J connectivity index is 1.37. The molecule has 0 aromatic heterocycles. The number of carbonyl (C=O) groups is 3. The Bertz CT molecular complexity index is 1010. The number of fused-ring (bicyclic) bond motifs is 5. The Kier molecular flexibility index (Phi) is 9.94. The normalized spacial score (nSPS) is 36.7. The molecular weight excluding hydrogens is 524 g/mol. The van der Waals surface area contributed by atoms with Crippen molar-refractivity contribution in [1.82, 2.24) is 0 Å². The minimum absolute atomic E-state index is 0.0763. The van der Waals surface area contributed by atoms with Crippen LogP contribution in [0, 0.1) is 46.3 Å². The Labute approximate surface area is 245 Å². The molecule has 10 atom stereocenters. The SMILES string of the molecule is CC(C)CCC[C@H](C)[C@@H]1CCC2[C@H]3CC=C4CC(OC(=O)C(O)C(O)C(=O)OCC(=O)O)CC[C@@]4(C)[C@@H]3CCC21C. The van der Waals surface area contributed by atoms with E-state index >= 15 is 0 Å². The summed E-state index contributed by atoms with van der Waals surface area (Å²) in [7, 11) is 0. The average molecular weight is 577 g/mol. The van der Waals surface area contributed by atoms with Gasteiger partial charge in [-0.05, 0) is 91.3 Å². The molecule has 0 aliphatic heterocycles. The summed E-state index contributed by atoms with van der Waals surface area (Å²) in [6.07, 6.45) is 10.1. The third-order valence-corrected chi connectivity index (χ3v) is 11.7. The highest BCUT2D eigenvalue weighted by Gasteiger charge is 2.59. The van der Waals surface area contributed by atoms with E-state index in [-0.39, 0.29) is 5.41 Å². The Morgan fingerprint density at radius 1 is 0.951 bits per heavy atom. The maximum atomic E-state index is 12.5. The van der Waals surface area contributed by atoms with Crippen molar-refractivity contribution >= 4 is 17.9 Å². The molecule has 3 fully saturated rings. The van der Waals surface area contributed by atoms with Crippen molar-refractivity contribution in [1.29, 1.82) is 0 Å². The third-order valence-electron chi connectivity index (χ3n) is 11.7. The van der Waals surface area contributed by atoms with E-state index in [0.717, 1.165) is 36.5 Å². The van der Waals surface area contributed by atoms with Crippen molar-refractivity contribution < 1.29 is 39.2 Å². The second-order valence-corrected chi connectivity index (χ2v) is 14.5. The molecule has 8 nitrogen and oxygen atoms in total. The standard InChI is InChI=1S/C33H52O8/c1-19(2)7-6-8-20(3)24-11-12-25-23-10-9-21-17-22(13-15-32(21,4)26(23)14-16-33(24,25)5)41-31(39)29(37)28(36)30(38)40-18-27(34)35/h9,19-20,22-26,28-29,36-37H,6-8,10-18H2,1-5H3,(H,34,35)/t20-,22?,23+,24-,25?,26+,28?,29?,32+,33?/m0/s1. The predicted molar refractivity (Wildman–Crippen MR) is 154 cm³/mol. The van der Waals surface area contributed by atoms with Gasteiger partial charge < -0.3 is 24.8 Å². The topological polar surface area (TPSA) is 130 Å². The number of carboxylic acids is 1. The molecule has 41 heavy (non-hydrogen) atoms. The van der Waals surface area contributed by atoms with Gasteiger partial charge in [0.05, 0.1) is 0 Å². The predicted octanol–water partition coefficient (Wildman–Crippen LogP) is 5.29. The van der Waals surface area contributed by atoms with Crippen LogP contribution in [0.4, 0.5) is 0 Å². The largest absolute Gasteiger partial charge is 0.479 e. The summed E-state index contributed by atoms with van der Waals surface area (Å²) in [5, 5.41) is 28.7. The van der Waals surface area contributed by atoms with E-state index < -0.39 is 42.8 Å². The van der Waals surface area contributed by atoms with E-state index in [4.69, 9.17) is 9.84 Å². The quantitative estimate of drug-likeness (QED) is 0.223. The van der Waals surface area contributed by atoms with Gasteiger partial charge in [-0.15, -0.1) is 0 Å². The maximum Gasteiger partial charge on any atom is 0.341 e. The number of aliphatic hydroxyl groups excluding tert-OH is 2. The van der Waals surface area contributed by atoms with Gasteiger partial charge in [-0.2, -0.15) is 0 Å². The molecule has 232 valence electrons. The maximum absolute atomic E-state index is 12.5. The number of carboxylic acid groups (broad SMARTS) is 1. The molecule has 0 aromatic rings. The minimum atomic E-state index is -2.20. The second kappa shape index (κ2) is 12.7. The Morgan fingerprint density at radius 2 is 1.66 bits per heavy atom. The number of ether oxygens (including phenoxy) is 2. The van der Waals surface area contributed by atoms with Crippen LogP contribution in [-0.4, -0.2) is 58.1 Å². The summed E-state index contributed by atoms with van der Waals surface area (Å²) in [6.45, 7) is 11.2. The molecule has 3 saturated carbocycles. The summed E-state index contributed by atoms with van der Waals surface area (Å²) >= 11 is 0. The highest BCUT2D eigenvalue weighted by Crippen LogP contribution is 2.67. The lowest BCUT2D eigenvalue weighted by molar-refractivity contribution is -0.178. The monoisotopic (exact) mass is 576 g/mol. The fourth-order valence-electron chi connectivity index (χ4n) is 9.46. The average Bonchev–Trinajstić information content (AvgIpc) is 3.28. The van der Waals surface area contributed by atoms with Crippen molar-refractivity contribution in [2.24, 2.45) is 46.3 Å². The molecule has 4 aliphatic carbocycles. The van der Waals surface area contributed by atoms with Gasteiger partial charge in [-0.1, -0.05) is 65.5 Å². The fraction of sp³-hybridized carbons (Fsp3) is 0.848. The zero-order valence-corrected chi connectivity index (χ0v) is 25.6. The van der Waals surface area contributed by atoms with Crippen LogP contribution in [0.2, 0.25) is 0 Å². The van der Waals surface area contributed by atoms with E-state index in [1.807, 2.05) is 0 Å². The highest BCUT2D eigenvalue weighted by molar-refractivity contribution is 5.86. The number of aliphatic hydroxyl groups is 2. The van der Waals surface area contributed by atoms with Crippen LogP contribution in [0.15, 0.2) is 11.6 Å². The summed E-state index contributed by atoms with van der Waals surface area (Å²) in [5.41, 5.74) is 1.83. The van der Waals surface area contributed by atoms with E-state index in [9.17, 15) is 24.6 Å². The van der Waals surface area contributed by atoms with Crippen LogP contribution in [0.25, 0.3) is 0 Å². The molecule has 3 N–H and O–H groups in total. The molecule has 4 rings (SSSR count). The van der Waals surface area contributed by atoms with Crippen LogP contribution >= 0.6 is 0 Å². The fourth-order valence-corrected chi connectivity index (χ4v) is 9.46. The van der Waals surface area contributed by atoms with Gasteiger partial charge in [0.15, 0.2) is 18.8 Å². The molecule has 0 radical (unpaired) electrons. The summed E-state index contributed by atoms with van der Waals surface area (Å²) < 4.78 is 9.92. The number of esters is 2. The van der Waals surface area contributed by atoms with E-state index in [2.05, 4.69) is 45.4 Å². The van der Waals surface area contributed by atoms with Crippen molar-refractivity contribution in [3.05, 3.63) is 11.6 Å². The molecule has 5 unspecified atom stereocenters. The molecular formula is C33H52O8. The number of allylic oxidation sites excluding steroid dienone is 1. The first-order valence-electron chi connectivity index (χ1n) is 15.9. The van der Waals surface area contributed by atoms with Gasteiger partial charge >= 0.3 is 17.9 Å². The summed E-state index contributed by atoms with van der Waals surface area (Å²) in [6, 6.07) is 0. The van der Waals surface area contributed by atoms with Crippen molar-refractivity contribution in [3.8, 4) is 0 Å². The number of hydrogen-bond acceptors (Lipinski definition) is 7. The number of hydrogen-bond donors (Lipinski definition) is 3. The van der Waals surface area contributed by atoms with Gasteiger partial charge in [-0.25, -0.2) is 14.4 Å². The van der Waals surface area contributed by atoms with Crippen LogP contribution < -0.4 is 0 Å². The molecule has 0 heterocycles. The second-order valence-electron chi connectivity index (χ2n) is 14.5. The molecule has 8 heteroatoms. The van der Waals surface area contributed by atoms with Crippen LogP contribution in [-0.2, 0) is 23.9 Å². The van der Waals surface area contributed by atoms with Gasteiger partial charge in [0.25, 0.3) is 0 Å². The summed E-state index contributed by atoms with van der Waals surface area (Å²) in [4.78, 5) is 34.9. The molecule has 0 aromatic carbocycles. The number of carbonyl (C=O) groups excluding carboxylic acids is 2.